The molecular formula is C16H17NO3. The minimum absolute atomic E-state index is 0.273. The molecule has 1 heterocycles. The van der Waals surface area contributed by atoms with Gasteiger partial charge in [0.2, 0.25) is 0 Å². The molecular weight excluding hydrogens is 254 g/mol. The van der Waals surface area contributed by atoms with Gasteiger partial charge in [-0.05, 0) is 31.4 Å². The number of carbonyl (C=O) groups is 1. The van der Waals surface area contributed by atoms with Crippen LogP contribution in [-0.4, -0.2) is 15.6 Å². The van der Waals surface area contributed by atoms with Crippen molar-refractivity contribution in [2.45, 2.75) is 25.8 Å². The molecule has 0 amide bonds. The molecule has 0 saturated carbocycles. The summed E-state index contributed by atoms with van der Waals surface area (Å²) in [6.07, 6.45) is 1.02. The van der Waals surface area contributed by atoms with Crippen molar-refractivity contribution in [3.05, 3.63) is 70.1 Å². The number of benzene rings is 1. The van der Waals surface area contributed by atoms with Gasteiger partial charge in [0.15, 0.2) is 0 Å². The van der Waals surface area contributed by atoms with Crippen LogP contribution in [0.3, 0.4) is 0 Å². The molecule has 1 aromatic heterocycles. The quantitative estimate of drug-likeness (QED) is 0.908. The van der Waals surface area contributed by atoms with Crippen LogP contribution in [0.5, 0.6) is 0 Å². The second kappa shape index (κ2) is 6.19. The fraction of sp³-hybridized carbons (Fsp3) is 0.250. The summed E-state index contributed by atoms with van der Waals surface area (Å²) in [5.41, 5.74) is 1.46. The summed E-state index contributed by atoms with van der Waals surface area (Å²) in [7, 11) is 0. The molecule has 2 rings (SSSR count). The predicted octanol–water partition coefficient (Wildman–Crippen LogP) is 2.42. The Hall–Kier alpha value is -2.36. The summed E-state index contributed by atoms with van der Waals surface area (Å²) in [4.78, 5) is 23.4. The average Bonchev–Trinajstić information content (AvgIpc) is 2.42. The Balaban J connectivity index is 2.24. The van der Waals surface area contributed by atoms with Crippen molar-refractivity contribution in [1.82, 2.24) is 4.57 Å². The van der Waals surface area contributed by atoms with Gasteiger partial charge in [-0.2, -0.15) is 0 Å². The molecule has 1 unspecified atom stereocenters. The van der Waals surface area contributed by atoms with Crippen molar-refractivity contribution < 1.29 is 9.90 Å². The number of aliphatic carboxylic acids is 1. The smallest absolute Gasteiger partial charge is 0.326 e. The number of aromatic nitrogens is 1. The second-order valence-electron chi connectivity index (χ2n) is 4.75. The zero-order valence-corrected chi connectivity index (χ0v) is 11.3. The van der Waals surface area contributed by atoms with E-state index in [1.165, 1.54) is 10.6 Å². The molecule has 0 radical (unpaired) electrons. The van der Waals surface area contributed by atoms with E-state index in [-0.39, 0.29) is 5.56 Å². The van der Waals surface area contributed by atoms with Gasteiger partial charge >= 0.3 is 5.97 Å². The number of rotatable bonds is 5. The molecule has 1 aromatic carbocycles. The van der Waals surface area contributed by atoms with E-state index < -0.39 is 12.0 Å². The maximum Gasteiger partial charge on any atom is 0.326 e. The third-order valence-electron chi connectivity index (χ3n) is 3.34. The van der Waals surface area contributed by atoms with Gasteiger partial charge in [0, 0.05) is 11.8 Å². The third-order valence-corrected chi connectivity index (χ3v) is 3.34. The molecule has 0 spiro atoms. The highest BCUT2D eigenvalue weighted by Gasteiger charge is 2.21. The molecule has 0 saturated heterocycles. The molecule has 20 heavy (non-hydrogen) atoms. The van der Waals surface area contributed by atoms with E-state index in [1.807, 2.05) is 30.3 Å². The Morgan fingerprint density at radius 1 is 1.15 bits per heavy atom. The lowest BCUT2D eigenvalue weighted by atomic mass is 10.0. The summed E-state index contributed by atoms with van der Waals surface area (Å²) < 4.78 is 1.35. The van der Waals surface area contributed by atoms with E-state index in [9.17, 15) is 14.7 Å². The molecule has 1 N–H and O–H groups in total. The second-order valence-corrected chi connectivity index (χ2v) is 4.75. The molecule has 0 aliphatic rings. The largest absolute Gasteiger partial charge is 0.480 e. The monoisotopic (exact) mass is 271 g/mol. The topological polar surface area (TPSA) is 59.3 Å². The average molecular weight is 271 g/mol. The molecule has 4 heteroatoms. The Labute approximate surface area is 117 Å². The first-order valence-electron chi connectivity index (χ1n) is 6.54. The number of hydrogen-bond donors (Lipinski definition) is 1. The molecule has 104 valence electrons. The van der Waals surface area contributed by atoms with Crippen LogP contribution in [0.15, 0.2) is 53.3 Å². The summed E-state index contributed by atoms with van der Waals surface area (Å²) in [5.74, 6) is -0.975. The Bertz CT molecular complexity index is 646. The van der Waals surface area contributed by atoms with E-state index in [0.29, 0.717) is 18.5 Å². The lowest BCUT2D eigenvalue weighted by Crippen LogP contribution is -2.31. The van der Waals surface area contributed by atoms with E-state index >= 15 is 0 Å². The summed E-state index contributed by atoms with van der Waals surface area (Å²) in [6, 6.07) is 13.6. The van der Waals surface area contributed by atoms with Crippen LogP contribution >= 0.6 is 0 Å². The zero-order valence-electron chi connectivity index (χ0n) is 11.3. The van der Waals surface area contributed by atoms with E-state index in [0.717, 1.165) is 5.56 Å². The maximum atomic E-state index is 11.9. The fourth-order valence-electron chi connectivity index (χ4n) is 2.31. The van der Waals surface area contributed by atoms with Gasteiger partial charge in [-0.1, -0.05) is 36.4 Å². The van der Waals surface area contributed by atoms with Gasteiger partial charge in [0.25, 0.3) is 5.56 Å². The minimum Gasteiger partial charge on any atom is -0.480 e. The van der Waals surface area contributed by atoms with Crippen molar-refractivity contribution in [2.24, 2.45) is 0 Å². The lowest BCUT2D eigenvalue weighted by Gasteiger charge is -2.18. The number of nitrogens with zero attached hydrogens (tertiary/aromatic N) is 1. The maximum absolute atomic E-state index is 11.9. The zero-order chi connectivity index (χ0) is 14.5. The van der Waals surface area contributed by atoms with Crippen LogP contribution in [0.2, 0.25) is 0 Å². The summed E-state index contributed by atoms with van der Waals surface area (Å²) in [5, 5.41) is 9.39. The number of pyridine rings is 1. The molecule has 0 fully saturated rings. The minimum atomic E-state index is -0.975. The summed E-state index contributed by atoms with van der Waals surface area (Å²) in [6.45, 7) is 1.75. The SMILES string of the molecule is Cc1cccc(=O)n1C(CCc1ccccc1)C(=O)O. The molecule has 0 aliphatic heterocycles. The number of aryl methyl sites for hydroxylation is 2. The first kappa shape index (κ1) is 14.1. The van der Waals surface area contributed by atoms with Gasteiger partial charge in [-0.3, -0.25) is 9.36 Å². The molecule has 0 bridgehead atoms. The first-order valence-corrected chi connectivity index (χ1v) is 6.54. The van der Waals surface area contributed by atoms with Crippen LogP contribution in [0.4, 0.5) is 0 Å². The molecule has 1 atom stereocenters. The van der Waals surface area contributed by atoms with Gasteiger partial charge in [-0.15, -0.1) is 0 Å². The molecule has 0 aliphatic carbocycles. The van der Waals surface area contributed by atoms with Gasteiger partial charge in [0.05, 0.1) is 0 Å². The number of hydrogen-bond acceptors (Lipinski definition) is 2. The Morgan fingerprint density at radius 3 is 2.45 bits per heavy atom. The number of carboxylic acid groups (broad SMARTS) is 1. The Kier molecular flexibility index (Phi) is 4.35. The van der Waals surface area contributed by atoms with Crippen LogP contribution in [0.25, 0.3) is 0 Å². The van der Waals surface area contributed by atoms with Gasteiger partial charge in [0.1, 0.15) is 6.04 Å². The molecule has 4 nitrogen and oxygen atoms in total. The predicted molar refractivity (Wildman–Crippen MR) is 76.9 cm³/mol. The van der Waals surface area contributed by atoms with Crippen molar-refractivity contribution in [1.29, 1.82) is 0 Å². The van der Waals surface area contributed by atoms with Gasteiger partial charge in [-0.25, -0.2) is 4.79 Å². The standard InChI is InChI=1S/C16H17NO3/c1-12-6-5-9-15(18)17(12)14(16(19)20)11-10-13-7-3-2-4-8-13/h2-9,14H,10-11H2,1H3,(H,19,20). The Morgan fingerprint density at radius 2 is 1.85 bits per heavy atom. The third kappa shape index (κ3) is 3.15. The highest BCUT2D eigenvalue weighted by Crippen LogP contribution is 2.16. The normalized spacial score (nSPS) is 12.1. The van der Waals surface area contributed by atoms with Crippen molar-refractivity contribution in [3.8, 4) is 0 Å². The van der Waals surface area contributed by atoms with Crippen LogP contribution in [-0.2, 0) is 11.2 Å². The lowest BCUT2D eigenvalue weighted by molar-refractivity contribution is -0.141. The van der Waals surface area contributed by atoms with Crippen LogP contribution in [0, 0.1) is 6.92 Å². The van der Waals surface area contributed by atoms with Crippen molar-refractivity contribution in [2.75, 3.05) is 0 Å². The van der Waals surface area contributed by atoms with Crippen LogP contribution in [0.1, 0.15) is 23.7 Å². The van der Waals surface area contributed by atoms with E-state index in [2.05, 4.69) is 0 Å². The van der Waals surface area contributed by atoms with Crippen LogP contribution < -0.4 is 5.56 Å². The van der Waals surface area contributed by atoms with Crippen molar-refractivity contribution in [3.63, 3.8) is 0 Å². The van der Waals surface area contributed by atoms with Gasteiger partial charge < -0.3 is 5.11 Å². The summed E-state index contributed by atoms with van der Waals surface area (Å²) >= 11 is 0. The highest BCUT2D eigenvalue weighted by molar-refractivity contribution is 5.72. The van der Waals surface area contributed by atoms with E-state index in [1.54, 1.807) is 19.1 Å². The number of carboxylic acids is 1. The van der Waals surface area contributed by atoms with E-state index in [4.69, 9.17) is 0 Å². The first-order chi connectivity index (χ1) is 9.59. The highest BCUT2D eigenvalue weighted by atomic mass is 16.4. The molecule has 2 aromatic rings. The van der Waals surface area contributed by atoms with Crippen molar-refractivity contribution >= 4 is 5.97 Å². The fourth-order valence-corrected chi connectivity index (χ4v) is 2.31.